The second-order valence-electron chi connectivity index (χ2n) is 5.81. The Labute approximate surface area is 92.4 Å². The lowest BCUT2D eigenvalue weighted by Crippen LogP contribution is -2.48. The lowest BCUT2D eigenvalue weighted by atomic mass is 9.71. The molecule has 3 heteroatoms. The van der Waals surface area contributed by atoms with E-state index in [1.807, 2.05) is 0 Å². The molecule has 1 atom stereocenters. The lowest BCUT2D eigenvalue weighted by molar-refractivity contribution is -0.198. The number of morpholine rings is 1. The smallest absolute Gasteiger partial charge is 0.0648 e. The van der Waals surface area contributed by atoms with Crippen molar-refractivity contribution in [3.8, 4) is 0 Å². The number of rotatable bonds is 1. The molecule has 2 aliphatic rings. The first kappa shape index (κ1) is 11.4. The zero-order valence-corrected chi connectivity index (χ0v) is 9.91. The standard InChI is InChI=1S/C12H23NO2/c1-12(2)5-3-10(4-6-12)11-9-15-8-7-13(11)14/h10-11,14H,3-9H2,1-2H3. The van der Waals surface area contributed by atoms with E-state index in [4.69, 9.17) is 4.74 Å². The first-order valence-corrected chi connectivity index (χ1v) is 6.12. The fourth-order valence-electron chi connectivity index (χ4n) is 2.80. The fraction of sp³-hybridized carbons (Fsp3) is 1.00. The van der Waals surface area contributed by atoms with Crippen LogP contribution in [-0.2, 0) is 4.74 Å². The van der Waals surface area contributed by atoms with E-state index in [1.54, 1.807) is 0 Å². The second-order valence-corrected chi connectivity index (χ2v) is 5.81. The molecule has 2 fully saturated rings. The zero-order valence-electron chi connectivity index (χ0n) is 9.91. The molecule has 1 aliphatic carbocycles. The van der Waals surface area contributed by atoms with E-state index in [0.29, 0.717) is 31.1 Å². The van der Waals surface area contributed by atoms with Gasteiger partial charge in [-0.3, -0.25) is 0 Å². The van der Waals surface area contributed by atoms with Gasteiger partial charge in [-0.05, 0) is 37.0 Å². The van der Waals surface area contributed by atoms with Crippen molar-refractivity contribution in [1.29, 1.82) is 0 Å². The fourth-order valence-corrected chi connectivity index (χ4v) is 2.80. The molecule has 0 spiro atoms. The molecule has 0 aromatic carbocycles. The molecule has 2 rings (SSSR count). The SMILES string of the molecule is CC1(C)CCC(C2COCCN2O)CC1. The summed E-state index contributed by atoms with van der Waals surface area (Å²) < 4.78 is 5.46. The van der Waals surface area contributed by atoms with E-state index < -0.39 is 0 Å². The molecule has 1 saturated heterocycles. The van der Waals surface area contributed by atoms with Crippen LogP contribution in [0.25, 0.3) is 0 Å². The molecule has 0 radical (unpaired) electrons. The summed E-state index contributed by atoms with van der Waals surface area (Å²) in [7, 11) is 0. The van der Waals surface area contributed by atoms with Crippen LogP contribution in [0.3, 0.4) is 0 Å². The van der Waals surface area contributed by atoms with Crippen molar-refractivity contribution in [2.75, 3.05) is 19.8 Å². The Morgan fingerprint density at radius 3 is 2.53 bits per heavy atom. The Balaban J connectivity index is 1.89. The highest BCUT2D eigenvalue weighted by Gasteiger charge is 2.35. The molecule has 0 aromatic rings. The Hall–Kier alpha value is -0.120. The van der Waals surface area contributed by atoms with Crippen LogP contribution >= 0.6 is 0 Å². The molecule has 1 unspecified atom stereocenters. The summed E-state index contributed by atoms with van der Waals surface area (Å²) in [6.07, 6.45) is 5.03. The third-order valence-electron chi connectivity index (χ3n) is 4.06. The van der Waals surface area contributed by atoms with Crippen LogP contribution in [0.2, 0.25) is 0 Å². The summed E-state index contributed by atoms with van der Waals surface area (Å²) in [4.78, 5) is 0. The highest BCUT2D eigenvalue weighted by molar-refractivity contribution is 4.85. The molecule has 3 nitrogen and oxygen atoms in total. The van der Waals surface area contributed by atoms with Gasteiger partial charge in [0, 0.05) is 6.54 Å². The predicted octanol–water partition coefficient (Wildman–Crippen LogP) is 2.29. The Bertz CT molecular complexity index is 208. The van der Waals surface area contributed by atoms with Crippen LogP contribution in [0.4, 0.5) is 0 Å². The van der Waals surface area contributed by atoms with E-state index in [2.05, 4.69) is 13.8 Å². The molecule has 0 amide bonds. The summed E-state index contributed by atoms with van der Waals surface area (Å²) in [5.74, 6) is 0.628. The van der Waals surface area contributed by atoms with E-state index in [-0.39, 0.29) is 6.04 Å². The molecule has 1 heterocycles. The van der Waals surface area contributed by atoms with Crippen molar-refractivity contribution in [1.82, 2.24) is 5.06 Å². The van der Waals surface area contributed by atoms with Gasteiger partial charge in [-0.15, -0.1) is 0 Å². The van der Waals surface area contributed by atoms with Gasteiger partial charge in [0.1, 0.15) is 0 Å². The van der Waals surface area contributed by atoms with Gasteiger partial charge in [0.05, 0.1) is 19.3 Å². The zero-order chi connectivity index (χ0) is 10.9. The number of ether oxygens (including phenoxy) is 1. The van der Waals surface area contributed by atoms with E-state index in [1.165, 1.54) is 30.7 Å². The maximum Gasteiger partial charge on any atom is 0.0648 e. The van der Waals surface area contributed by atoms with Gasteiger partial charge in [-0.2, -0.15) is 5.06 Å². The van der Waals surface area contributed by atoms with Crippen molar-refractivity contribution in [3.63, 3.8) is 0 Å². The van der Waals surface area contributed by atoms with Crippen LogP contribution in [0.15, 0.2) is 0 Å². The molecular formula is C12H23NO2. The number of hydroxylamine groups is 2. The van der Waals surface area contributed by atoms with Crippen LogP contribution < -0.4 is 0 Å². The molecule has 88 valence electrons. The highest BCUT2D eigenvalue weighted by atomic mass is 16.5. The van der Waals surface area contributed by atoms with Crippen LogP contribution in [0.1, 0.15) is 39.5 Å². The Morgan fingerprint density at radius 2 is 1.93 bits per heavy atom. The van der Waals surface area contributed by atoms with Crippen molar-refractivity contribution < 1.29 is 9.94 Å². The third kappa shape index (κ3) is 2.71. The maximum atomic E-state index is 9.80. The van der Waals surface area contributed by atoms with E-state index in [9.17, 15) is 5.21 Å². The Kier molecular flexibility index (Phi) is 3.33. The van der Waals surface area contributed by atoms with Crippen molar-refractivity contribution in [3.05, 3.63) is 0 Å². The van der Waals surface area contributed by atoms with Gasteiger partial charge in [0.2, 0.25) is 0 Å². The van der Waals surface area contributed by atoms with Gasteiger partial charge < -0.3 is 9.94 Å². The summed E-state index contributed by atoms with van der Waals surface area (Å²) in [5, 5.41) is 11.3. The average molecular weight is 213 g/mol. The normalized spacial score (nSPS) is 34.2. The minimum absolute atomic E-state index is 0.245. The van der Waals surface area contributed by atoms with Crippen LogP contribution in [-0.4, -0.2) is 36.1 Å². The van der Waals surface area contributed by atoms with Crippen molar-refractivity contribution in [2.45, 2.75) is 45.6 Å². The average Bonchev–Trinajstić information content (AvgIpc) is 2.19. The molecule has 0 aromatic heterocycles. The third-order valence-corrected chi connectivity index (χ3v) is 4.06. The van der Waals surface area contributed by atoms with Gasteiger partial charge in [0.15, 0.2) is 0 Å². The summed E-state index contributed by atoms with van der Waals surface area (Å²) in [5.41, 5.74) is 0.506. The molecule has 1 saturated carbocycles. The summed E-state index contributed by atoms with van der Waals surface area (Å²) >= 11 is 0. The molecular weight excluding hydrogens is 190 g/mol. The molecule has 1 N–H and O–H groups in total. The highest BCUT2D eigenvalue weighted by Crippen LogP contribution is 2.40. The van der Waals surface area contributed by atoms with Gasteiger partial charge in [-0.1, -0.05) is 13.8 Å². The minimum Gasteiger partial charge on any atom is -0.378 e. The lowest BCUT2D eigenvalue weighted by Gasteiger charge is -2.41. The van der Waals surface area contributed by atoms with Gasteiger partial charge >= 0.3 is 0 Å². The van der Waals surface area contributed by atoms with Crippen molar-refractivity contribution in [2.24, 2.45) is 11.3 Å². The minimum atomic E-state index is 0.245. The summed E-state index contributed by atoms with van der Waals surface area (Å²) in [6.45, 7) is 6.74. The predicted molar refractivity (Wildman–Crippen MR) is 58.8 cm³/mol. The topological polar surface area (TPSA) is 32.7 Å². The van der Waals surface area contributed by atoms with E-state index in [0.717, 1.165) is 0 Å². The van der Waals surface area contributed by atoms with E-state index >= 15 is 0 Å². The largest absolute Gasteiger partial charge is 0.378 e. The molecule has 15 heavy (non-hydrogen) atoms. The maximum absolute atomic E-state index is 9.80. The van der Waals surface area contributed by atoms with Crippen LogP contribution in [0.5, 0.6) is 0 Å². The first-order chi connectivity index (χ1) is 7.08. The van der Waals surface area contributed by atoms with Crippen molar-refractivity contribution >= 4 is 0 Å². The first-order valence-electron chi connectivity index (χ1n) is 6.12. The van der Waals surface area contributed by atoms with Gasteiger partial charge in [-0.25, -0.2) is 0 Å². The number of hydrogen-bond donors (Lipinski definition) is 1. The van der Waals surface area contributed by atoms with Crippen LogP contribution in [0, 0.1) is 11.3 Å². The quantitative estimate of drug-likeness (QED) is 0.725. The summed E-state index contributed by atoms with van der Waals surface area (Å²) in [6, 6.07) is 0.245. The molecule has 1 aliphatic heterocycles. The number of hydrogen-bond acceptors (Lipinski definition) is 3. The molecule has 0 bridgehead atoms. The Morgan fingerprint density at radius 1 is 1.27 bits per heavy atom. The van der Waals surface area contributed by atoms with Gasteiger partial charge in [0.25, 0.3) is 0 Å². The monoisotopic (exact) mass is 213 g/mol. The number of nitrogens with zero attached hydrogens (tertiary/aromatic N) is 1. The second kappa shape index (κ2) is 4.40.